The van der Waals surface area contributed by atoms with E-state index < -0.39 is 0 Å². The van der Waals surface area contributed by atoms with E-state index in [9.17, 15) is 0 Å². The molecule has 0 aliphatic heterocycles. The van der Waals surface area contributed by atoms with Crippen LogP contribution in [0.2, 0.25) is 0 Å². The van der Waals surface area contributed by atoms with Gasteiger partial charge in [0.2, 0.25) is 5.95 Å². The molecule has 0 unspecified atom stereocenters. The third-order valence-electron chi connectivity index (χ3n) is 0.798. The van der Waals surface area contributed by atoms with Crippen LogP contribution < -0.4 is 0 Å². The molecule has 1 heterocycles. The molecule has 0 atom stereocenters. The number of nitrogens with zero attached hydrogens (tertiary/aromatic N) is 2. The SMILES string of the molecule is Cc1c[nH]c(N=N)n1. The Kier molecular flexibility index (Phi) is 1.07. The van der Waals surface area contributed by atoms with E-state index in [0.29, 0.717) is 5.95 Å². The first-order valence-corrected chi connectivity index (χ1v) is 2.22. The second-order valence-electron chi connectivity index (χ2n) is 1.48. The number of aryl methyl sites for hydroxylation is 1. The number of hydrogen-bond acceptors (Lipinski definition) is 3. The molecule has 0 aromatic carbocycles. The normalized spacial score (nSPS) is 9.12. The summed E-state index contributed by atoms with van der Waals surface area (Å²) in [6.45, 7) is 1.84. The Balaban J connectivity index is 3.00. The van der Waals surface area contributed by atoms with Crippen molar-refractivity contribution in [3.8, 4) is 0 Å². The number of H-pyrrole nitrogens is 1. The molecule has 42 valence electrons. The first-order chi connectivity index (χ1) is 3.83. The van der Waals surface area contributed by atoms with Crippen LogP contribution in [0.1, 0.15) is 5.69 Å². The maximum Gasteiger partial charge on any atom is 0.246 e. The summed E-state index contributed by atoms with van der Waals surface area (Å²) in [6.07, 6.45) is 1.70. The molecule has 4 heteroatoms. The van der Waals surface area contributed by atoms with E-state index in [1.54, 1.807) is 6.20 Å². The summed E-state index contributed by atoms with van der Waals surface area (Å²) < 4.78 is 0. The smallest absolute Gasteiger partial charge is 0.246 e. The maximum atomic E-state index is 6.49. The first-order valence-electron chi connectivity index (χ1n) is 2.22. The zero-order chi connectivity index (χ0) is 5.98. The Morgan fingerprint density at radius 3 is 2.88 bits per heavy atom. The highest BCUT2D eigenvalue weighted by atomic mass is 15.1. The number of hydrogen-bond donors (Lipinski definition) is 2. The zero-order valence-electron chi connectivity index (χ0n) is 4.47. The van der Waals surface area contributed by atoms with Gasteiger partial charge in [0.15, 0.2) is 0 Å². The van der Waals surface area contributed by atoms with Gasteiger partial charge < -0.3 is 4.98 Å². The summed E-state index contributed by atoms with van der Waals surface area (Å²) in [5, 5.41) is 3.07. The molecule has 0 bridgehead atoms. The minimum Gasteiger partial charge on any atom is -0.328 e. The number of rotatable bonds is 1. The summed E-state index contributed by atoms with van der Waals surface area (Å²) >= 11 is 0. The number of aromatic amines is 1. The highest BCUT2D eigenvalue weighted by molar-refractivity contribution is 5.14. The highest BCUT2D eigenvalue weighted by Gasteiger charge is 1.89. The summed E-state index contributed by atoms with van der Waals surface area (Å²) in [5.74, 6) is 0.363. The number of imidazole rings is 1. The zero-order valence-corrected chi connectivity index (χ0v) is 4.47. The molecule has 0 spiro atoms. The van der Waals surface area contributed by atoms with E-state index in [2.05, 4.69) is 15.1 Å². The fourth-order valence-electron chi connectivity index (χ4n) is 0.458. The summed E-state index contributed by atoms with van der Waals surface area (Å²) in [4.78, 5) is 6.51. The van der Waals surface area contributed by atoms with E-state index in [4.69, 9.17) is 5.53 Å². The van der Waals surface area contributed by atoms with Crippen LogP contribution >= 0.6 is 0 Å². The average molecular weight is 110 g/mol. The molecule has 0 saturated carbocycles. The van der Waals surface area contributed by atoms with Crippen LogP contribution in [0.15, 0.2) is 11.3 Å². The first kappa shape index (κ1) is 4.96. The average Bonchev–Trinajstić information content (AvgIpc) is 2.14. The van der Waals surface area contributed by atoms with Gasteiger partial charge in [0.05, 0.1) is 5.69 Å². The van der Waals surface area contributed by atoms with Crippen molar-refractivity contribution in [1.29, 1.82) is 5.53 Å². The fraction of sp³-hybridized carbons (Fsp3) is 0.250. The molecule has 0 saturated heterocycles. The topological polar surface area (TPSA) is 64.9 Å². The van der Waals surface area contributed by atoms with Gasteiger partial charge in [-0.15, -0.1) is 5.11 Å². The second kappa shape index (κ2) is 1.73. The Labute approximate surface area is 46.5 Å². The molecule has 0 amide bonds. The van der Waals surface area contributed by atoms with Gasteiger partial charge in [-0.25, -0.2) is 10.5 Å². The van der Waals surface area contributed by atoms with Crippen molar-refractivity contribution in [3.63, 3.8) is 0 Å². The van der Waals surface area contributed by atoms with Gasteiger partial charge >= 0.3 is 0 Å². The molecule has 1 aromatic heterocycles. The van der Waals surface area contributed by atoms with Crippen LogP contribution in [0.25, 0.3) is 0 Å². The molecule has 0 aliphatic rings. The van der Waals surface area contributed by atoms with Gasteiger partial charge in [-0.1, -0.05) is 0 Å². The Morgan fingerprint density at radius 1 is 1.88 bits per heavy atom. The van der Waals surface area contributed by atoms with Crippen LogP contribution in [0, 0.1) is 12.5 Å². The van der Waals surface area contributed by atoms with E-state index in [1.807, 2.05) is 6.92 Å². The van der Waals surface area contributed by atoms with Crippen LogP contribution in [0.4, 0.5) is 5.95 Å². The molecule has 1 aromatic rings. The molecule has 1 rings (SSSR count). The van der Waals surface area contributed by atoms with Crippen molar-refractivity contribution in [3.05, 3.63) is 11.9 Å². The van der Waals surface area contributed by atoms with Crippen molar-refractivity contribution in [2.75, 3.05) is 0 Å². The van der Waals surface area contributed by atoms with Gasteiger partial charge in [-0.3, -0.25) is 0 Å². The number of nitrogens with one attached hydrogen (secondary N) is 2. The predicted molar refractivity (Wildman–Crippen MR) is 28.1 cm³/mol. The van der Waals surface area contributed by atoms with Crippen LogP contribution in [0.3, 0.4) is 0 Å². The lowest BCUT2D eigenvalue weighted by molar-refractivity contribution is 1.06. The molecule has 0 aliphatic carbocycles. The predicted octanol–water partition coefficient (Wildman–Crippen LogP) is 1.38. The molecule has 8 heavy (non-hydrogen) atoms. The second-order valence-corrected chi connectivity index (χ2v) is 1.48. The molecular weight excluding hydrogens is 104 g/mol. The quantitative estimate of drug-likeness (QED) is 0.527. The third kappa shape index (κ3) is 0.726. The Bertz CT molecular complexity index is 190. The van der Waals surface area contributed by atoms with Crippen LogP contribution in [-0.2, 0) is 0 Å². The molecular formula is C4H6N4. The molecule has 0 fully saturated rings. The Morgan fingerprint density at radius 2 is 2.62 bits per heavy atom. The van der Waals surface area contributed by atoms with E-state index >= 15 is 0 Å². The van der Waals surface area contributed by atoms with Gasteiger partial charge in [0, 0.05) is 6.20 Å². The van der Waals surface area contributed by atoms with Crippen LogP contribution in [-0.4, -0.2) is 9.97 Å². The third-order valence-corrected chi connectivity index (χ3v) is 0.798. The Hall–Kier alpha value is -1.19. The lowest BCUT2D eigenvalue weighted by atomic mass is 10.6. The maximum absolute atomic E-state index is 6.49. The van der Waals surface area contributed by atoms with E-state index in [0.717, 1.165) is 5.69 Å². The van der Waals surface area contributed by atoms with Crippen molar-refractivity contribution in [2.24, 2.45) is 5.11 Å². The molecule has 2 N–H and O–H groups in total. The lowest BCUT2D eigenvalue weighted by Gasteiger charge is -1.72. The fourth-order valence-corrected chi connectivity index (χ4v) is 0.458. The summed E-state index contributed by atoms with van der Waals surface area (Å²) in [7, 11) is 0. The van der Waals surface area contributed by atoms with Crippen LogP contribution in [0.5, 0.6) is 0 Å². The summed E-state index contributed by atoms with van der Waals surface area (Å²) in [6, 6.07) is 0. The van der Waals surface area contributed by atoms with E-state index in [-0.39, 0.29) is 0 Å². The summed E-state index contributed by atoms with van der Waals surface area (Å²) in [5.41, 5.74) is 7.35. The molecule has 0 radical (unpaired) electrons. The van der Waals surface area contributed by atoms with Gasteiger partial charge in [0.25, 0.3) is 0 Å². The van der Waals surface area contributed by atoms with Gasteiger partial charge in [0.1, 0.15) is 0 Å². The minimum atomic E-state index is 0.363. The highest BCUT2D eigenvalue weighted by Crippen LogP contribution is 2.02. The van der Waals surface area contributed by atoms with Crippen molar-refractivity contribution in [2.45, 2.75) is 6.92 Å². The number of aromatic nitrogens is 2. The van der Waals surface area contributed by atoms with Crippen molar-refractivity contribution >= 4 is 5.95 Å². The van der Waals surface area contributed by atoms with Gasteiger partial charge in [-0.2, -0.15) is 0 Å². The van der Waals surface area contributed by atoms with Gasteiger partial charge in [-0.05, 0) is 6.92 Å². The standard InChI is InChI=1S/C4H6N4/c1-3-2-6-4(7-3)8-5/h2,5H,1H3,(H,6,7). The molecule has 4 nitrogen and oxygen atoms in total. The lowest BCUT2D eigenvalue weighted by Crippen LogP contribution is -1.63. The minimum absolute atomic E-state index is 0.363. The van der Waals surface area contributed by atoms with Crippen molar-refractivity contribution < 1.29 is 0 Å². The van der Waals surface area contributed by atoms with E-state index in [1.165, 1.54) is 0 Å². The monoisotopic (exact) mass is 110 g/mol. The largest absolute Gasteiger partial charge is 0.328 e. The van der Waals surface area contributed by atoms with Crippen molar-refractivity contribution in [1.82, 2.24) is 9.97 Å².